The highest BCUT2D eigenvalue weighted by Crippen LogP contribution is 2.34. The summed E-state index contributed by atoms with van der Waals surface area (Å²) < 4.78 is 0. The molecule has 0 aliphatic heterocycles. The van der Waals surface area contributed by atoms with Gasteiger partial charge in [-0.1, -0.05) is 0 Å². The summed E-state index contributed by atoms with van der Waals surface area (Å²) >= 11 is 0. The number of nitrogens with one attached hydrogen (secondary N) is 1. The number of anilines is 1. The molecule has 0 radical (unpaired) electrons. The normalized spacial score (nSPS) is 16.9. The molecule has 3 heteroatoms. The molecule has 0 bridgehead atoms. The van der Waals surface area contributed by atoms with Crippen molar-refractivity contribution < 1.29 is 4.79 Å². The van der Waals surface area contributed by atoms with Crippen molar-refractivity contribution >= 4 is 11.6 Å². The van der Waals surface area contributed by atoms with Gasteiger partial charge in [-0.15, -0.1) is 0 Å². The van der Waals surface area contributed by atoms with Gasteiger partial charge in [0.2, 0.25) is 0 Å². The molecule has 1 aromatic rings. The Labute approximate surface area is 96.0 Å². The molecule has 1 aliphatic carbocycles. The number of benzene rings is 1. The summed E-state index contributed by atoms with van der Waals surface area (Å²) in [4.78, 5) is 12.0. The highest BCUT2D eigenvalue weighted by Gasteiger charge is 2.39. The number of nitrogen functional groups attached to an aromatic ring is 1. The van der Waals surface area contributed by atoms with Gasteiger partial charge in [-0.2, -0.15) is 0 Å². The highest BCUT2D eigenvalue weighted by atomic mass is 16.1. The zero-order valence-corrected chi connectivity index (χ0v) is 10.1. The van der Waals surface area contributed by atoms with Crippen molar-refractivity contribution in [3.63, 3.8) is 0 Å². The van der Waals surface area contributed by atoms with Crippen LogP contribution in [0.5, 0.6) is 0 Å². The number of hydrogen-bond acceptors (Lipinski definition) is 2. The molecule has 2 rings (SSSR count). The van der Waals surface area contributed by atoms with Gasteiger partial charge in [0, 0.05) is 16.8 Å². The summed E-state index contributed by atoms with van der Waals surface area (Å²) in [5.74, 6) is 0.0144. The molecule has 0 saturated heterocycles. The second-order valence-electron chi connectivity index (χ2n) is 4.97. The minimum atomic E-state index is 0.0144. The molecule has 1 aliphatic rings. The Morgan fingerprint density at radius 1 is 1.31 bits per heavy atom. The van der Waals surface area contributed by atoms with E-state index in [1.54, 1.807) is 12.1 Å². The molecule has 0 spiro atoms. The summed E-state index contributed by atoms with van der Waals surface area (Å²) in [6.45, 7) is 5.96. The van der Waals surface area contributed by atoms with Crippen molar-refractivity contribution in [2.75, 3.05) is 5.73 Å². The number of amides is 1. The van der Waals surface area contributed by atoms with Crippen LogP contribution < -0.4 is 11.1 Å². The average Bonchev–Trinajstić information content (AvgIpc) is 2.92. The highest BCUT2D eigenvalue weighted by molar-refractivity contribution is 5.97. The Kier molecular flexibility index (Phi) is 2.41. The zero-order valence-electron chi connectivity index (χ0n) is 10.1. The molecule has 0 unspecified atom stereocenters. The Morgan fingerprint density at radius 2 is 1.94 bits per heavy atom. The van der Waals surface area contributed by atoms with Gasteiger partial charge in [0.25, 0.3) is 5.91 Å². The average molecular weight is 218 g/mol. The predicted molar refractivity (Wildman–Crippen MR) is 65.4 cm³/mol. The molecular weight excluding hydrogens is 200 g/mol. The van der Waals surface area contributed by atoms with Gasteiger partial charge in [0.1, 0.15) is 0 Å². The number of rotatable bonds is 2. The van der Waals surface area contributed by atoms with Gasteiger partial charge in [0.15, 0.2) is 0 Å². The number of hydrogen-bond donors (Lipinski definition) is 2. The van der Waals surface area contributed by atoms with Crippen LogP contribution >= 0.6 is 0 Å². The zero-order chi connectivity index (χ0) is 11.9. The Bertz CT molecular complexity index is 447. The first-order chi connectivity index (χ1) is 7.43. The Hall–Kier alpha value is -1.51. The van der Waals surface area contributed by atoms with Gasteiger partial charge in [-0.05, 0) is 56.9 Å². The number of carbonyl (C=O) groups excluding carboxylic acids is 1. The minimum absolute atomic E-state index is 0.0144. The maximum absolute atomic E-state index is 12.0. The second-order valence-corrected chi connectivity index (χ2v) is 4.97. The third-order valence-corrected chi connectivity index (χ3v) is 3.49. The first kappa shape index (κ1) is 11.0. The topological polar surface area (TPSA) is 55.1 Å². The molecule has 1 saturated carbocycles. The van der Waals surface area contributed by atoms with E-state index < -0.39 is 0 Å². The molecule has 1 amide bonds. The summed E-state index contributed by atoms with van der Waals surface area (Å²) in [6, 6.07) is 3.60. The third kappa shape index (κ3) is 1.90. The Balaban J connectivity index is 2.26. The van der Waals surface area contributed by atoms with E-state index in [2.05, 4.69) is 12.2 Å². The van der Waals surface area contributed by atoms with Crippen LogP contribution in [0.3, 0.4) is 0 Å². The van der Waals surface area contributed by atoms with Crippen LogP contribution in [0.4, 0.5) is 5.69 Å². The van der Waals surface area contributed by atoms with Crippen LogP contribution in [0, 0.1) is 13.8 Å². The molecule has 1 aromatic carbocycles. The molecule has 0 heterocycles. The van der Waals surface area contributed by atoms with Gasteiger partial charge in [-0.3, -0.25) is 4.79 Å². The van der Waals surface area contributed by atoms with E-state index >= 15 is 0 Å². The first-order valence-corrected chi connectivity index (χ1v) is 5.61. The van der Waals surface area contributed by atoms with E-state index in [4.69, 9.17) is 5.73 Å². The van der Waals surface area contributed by atoms with Crippen molar-refractivity contribution in [1.82, 2.24) is 5.32 Å². The van der Waals surface area contributed by atoms with E-state index in [1.807, 2.05) is 13.8 Å². The number of nitrogens with two attached hydrogens (primary N) is 1. The van der Waals surface area contributed by atoms with Crippen molar-refractivity contribution in [2.45, 2.75) is 39.2 Å². The van der Waals surface area contributed by atoms with E-state index in [9.17, 15) is 4.79 Å². The summed E-state index contributed by atoms with van der Waals surface area (Å²) in [5, 5.41) is 3.05. The number of carbonyl (C=O) groups is 1. The van der Waals surface area contributed by atoms with Crippen molar-refractivity contribution in [1.29, 1.82) is 0 Å². The maximum atomic E-state index is 12.0. The van der Waals surface area contributed by atoms with E-state index in [-0.39, 0.29) is 11.4 Å². The predicted octanol–water partition coefficient (Wildman–Crippen LogP) is 2.17. The minimum Gasteiger partial charge on any atom is -0.399 e. The summed E-state index contributed by atoms with van der Waals surface area (Å²) in [6.07, 6.45) is 2.15. The van der Waals surface area contributed by atoms with Crippen LogP contribution in [-0.2, 0) is 0 Å². The fourth-order valence-corrected chi connectivity index (χ4v) is 1.74. The van der Waals surface area contributed by atoms with Gasteiger partial charge < -0.3 is 11.1 Å². The van der Waals surface area contributed by atoms with E-state index in [1.165, 1.54) is 0 Å². The smallest absolute Gasteiger partial charge is 0.251 e. The molecule has 0 aromatic heterocycles. The molecule has 16 heavy (non-hydrogen) atoms. The van der Waals surface area contributed by atoms with Gasteiger partial charge in [-0.25, -0.2) is 0 Å². The summed E-state index contributed by atoms with van der Waals surface area (Å²) in [7, 11) is 0. The van der Waals surface area contributed by atoms with E-state index in [0.29, 0.717) is 0 Å². The van der Waals surface area contributed by atoms with Crippen molar-refractivity contribution in [2.24, 2.45) is 0 Å². The quantitative estimate of drug-likeness (QED) is 0.747. The lowest BCUT2D eigenvalue weighted by molar-refractivity contribution is 0.0935. The van der Waals surface area contributed by atoms with Crippen molar-refractivity contribution in [3.05, 3.63) is 28.8 Å². The first-order valence-electron chi connectivity index (χ1n) is 5.61. The molecule has 3 N–H and O–H groups in total. The molecule has 1 fully saturated rings. The van der Waals surface area contributed by atoms with Crippen LogP contribution in [0.15, 0.2) is 12.1 Å². The van der Waals surface area contributed by atoms with Crippen LogP contribution in [-0.4, -0.2) is 11.4 Å². The monoisotopic (exact) mass is 218 g/mol. The SMILES string of the molecule is Cc1c(N)ccc(C(=O)NC2(C)CC2)c1C. The standard InChI is InChI=1S/C13H18N2O/c1-8-9(2)11(14)5-4-10(8)12(16)15-13(3)6-7-13/h4-5H,6-7,14H2,1-3H3,(H,15,16). The van der Waals surface area contributed by atoms with Crippen molar-refractivity contribution in [3.8, 4) is 0 Å². The van der Waals surface area contributed by atoms with E-state index in [0.717, 1.165) is 35.2 Å². The summed E-state index contributed by atoms with van der Waals surface area (Å²) in [5.41, 5.74) is 9.27. The Morgan fingerprint density at radius 3 is 2.50 bits per heavy atom. The third-order valence-electron chi connectivity index (χ3n) is 3.49. The lowest BCUT2D eigenvalue weighted by atomic mass is 10.0. The molecular formula is C13H18N2O. The lowest BCUT2D eigenvalue weighted by Crippen LogP contribution is -2.34. The maximum Gasteiger partial charge on any atom is 0.251 e. The largest absolute Gasteiger partial charge is 0.399 e. The van der Waals surface area contributed by atoms with Crippen LogP contribution in [0.1, 0.15) is 41.3 Å². The van der Waals surface area contributed by atoms with Gasteiger partial charge >= 0.3 is 0 Å². The molecule has 3 nitrogen and oxygen atoms in total. The molecule has 0 atom stereocenters. The van der Waals surface area contributed by atoms with Crippen LogP contribution in [0.2, 0.25) is 0 Å². The fourth-order valence-electron chi connectivity index (χ4n) is 1.74. The molecule has 86 valence electrons. The lowest BCUT2D eigenvalue weighted by Gasteiger charge is -2.14. The van der Waals surface area contributed by atoms with Gasteiger partial charge in [0.05, 0.1) is 0 Å². The van der Waals surface area contributed by atoms with Crippen LogP contribution in [0.25, 0.3) is 0 Å². The fraction of sp³-hybridized carbons (Fsp3) is 0.462. The second kappa shape index (κ2) is 3.51.